The molecule has 10 heteroatoms. The van der Waals surface area contributed by atoms with Gasteiger partial charge in [-0.15, -0.1) is 0 Å². The number of alkyl halides is 3. The molecule has 4 heterocycles. The fourth-order valence-electron chi connectivity index (χ4n) is 5.16. The first-order valence-electron chi connectivity index (χ1n) is 12.1. The number of piperidine rings is 1. The Morgan fingerprint density at radius 1 is 1.17 bits per heavy atom. The van der Waals surface area contributed by atoms with Crippen molar-refractivity contribution >= 4 is 11.6 Å². The number of hydrogen-bond donors (Lipinski definition) is 1. The number of hydrogen-bond acceptors (Lipinski definition) is 5. The van der Waals surface area contributed by atoms with Crippen molar-refractivity contribution in [1.82, 2.24) is 20.1 Å². The minimum Gasteiger partial charge on any atom is -0.437 e. The molecule has 0 aliphatic carbocycles. The molecular formula is C26H28F3N5O2. The Hall–Kier alpha value is -3.40. The maximum absolute atomic E-state index is 13.8. The highest BCUT2D eigenvalue weighted by Gasteiger charge is 2.37. The number of amides is 1. The summed E-state index contributed by atoms with van der Waals surface area (Å²) in [7, 11) is 0. The molecule has 1 unspecified atom stereocenters. The van der Waals surface area contributed by atoms with E-state index in [9.17, 15) is 18.0 Å². The Morgan fingerprint density at radius 2 is 1.94 bits per heavy atom. The molecule has 2 aliphatic rings. The average Bonchev–Trinajstić information content (AvgIpc) is 3.34. The zero-order valence-corrected chi connectivity index (χ0v) is 20.2. The van der Waals surface area contributed by atoms with Crippen LogP contribution in [0.3, 0.4) is 0 Å². The third-order valence-electron chi connectivity index (χ3n) is 6.96. The number of pyridine rings is 1. The van der Waals surface area contributed by atoms with E-state index in [1.807, 2.05) is 23.9 Å². The molecule has 1 aromatic carbocycles. The van der Waals surface area contributed by atoms with Gasteiger partial charge in [0.15, 0.2) is 0 Å². The number of carbonyl (C=O) groups is 1. The van der Waals surface area contributed by atoms with Crippen molar-refractivity contribution in [2.75, 3.05) is 18.0 Å². The summed E-state index contributed by atoms with van der Waals surface area (Å²) in [5, 5.41) is 7.90. The van der Waals surface area contributed by atoms with Crippen LogP contribution in [0.5, 0.6) is 11.6 Å². The lowest BCUT2D eigenvalue weighted by atomic mass is 9.92. The maximum Gasteiger partial charge on any atom is 0.421 e. The molecule has 1 saturated heterocycles. The van der Waals surface area contributed by atoms with E-state index in [2.05, 4.69) is 15.4 Å². The number of aromatic nitrogens is 3. The van der Waals surface area contributed by atoms with Gasteiger partial charge < -0.3 is 15.0 Å². The topological polar surface area (TPSA) is 72.3 Å². The number of rotatable bonds is 4. The second-order valence-corrected chi connectivity index (χ2v) is 9.36. The molecule has 0 bridgehead atoms. The van der Waals surface area contributed by atoms with E-state index < -0.39 is 17.6 Å². The molecule has 1 N–H and O–H groups in total. The van der Waals surface area contributed by atoms with Gasteiger partial charge in [0.2, 0.25) is 11.8 Å². The van der Waals surface area contributed by atoms with Crippen LogP contribution < -0.4 is 15.0 Å². The summed E-state index contributed by atoms with van der Waals surface area (Å²) >= 11 is 0. The van der Waals surface area contributed by atoms with Gasteiger partial charge in [0.05, 0.1) is 17.9 Å². The molecule has 2 aliphatic heterocycles. The van der Waals surface area contributed by atoms with Crippen molar-refractivity contribution in [3.05, 3.63) is 54.0 Å². The zero-order valence-electron chi connectivity index (χ0n) is 20.2. The number of benzene rings is 1. The lowest BCUT2D eigenvalue weighted by molar-refractivity contribution is -0.138. The second-order valence-electron chi connectivity index (χ2n) is 9.36. The summed E-state index contributed by atoms with van der Waals surface area (Å²) in [5.74, 6) is -0.368. The largest absolute Gasteiger partial charge is 0.437 e. The van der Waals surface area contributed by atoms with Crippen LogP contribution in [-0.2, 0) is 17.4 Å². The third-order valence-corrected chi connectivity index (χ3v) is 6.96. The summed E-state index contributed by atoms with van der Waals surface area (Å²) in [6.07, 6.45) is 3.40. The maximum atomic E-state index is 13.8. The van der Waals surface area contributed by atoms with E-state index in [1.165, 1.54) is 19.2 Å². The Balaban J connectivity index is 1.64. The molecule has 1 fully saturated rings. The molecule has 36 heavy (non-hydrogen) atoms. The first kappa shape index (κ1) is 24.3. The Morgan fingerprint density at radius 3 is 2.67 bits per heavy atom. The van der Waals surface area contributed by atoms with Gasteiger partial charge in [-0.3, -0.25) is 9.48 Å². The monoisotopic (exact) mass is 499 g/mol. The van der Waals surface area contributed by atoms with Gasteiger partial charge in [-0.25, -0.2) is 4.98 Å². The standard InChI is InChI=1S/C26H28F3N5O2/c1-16-5-6-21-23(34(16)17(2)35)8-7-20(18-14-32-33(15-18)19-9-12-30-13-10-19)24(21)36-25-22(26(27,28)29)4-3-11-31-25/h3-4,7-8,11,14-16,19,30H,5-6,9-10,12-13H2,1-2H3. The van der Waals surface area contributed by atoms with Crippen molar-refractivity contribution < 1.29 is 22.7 Å². The molecule has 5 rings (SSSR count). The highest BCUT2D eigenvalue weighted by molar-refractivity contribution is 5.95. The summed E-state index contributed by atoms with van der Waals surface area (Å²) < 4.78 is 49.2. The van der Waals surface area contributed by atoms with Crippen molar-refractivity contribution in [1.29, 1.82) is 0 Å². The summed E-state index contributed by atoms with van der Waals surface area (Å²) in [6.45, 7) is 5.27. The molecule has 0 radical (unpaired) electrons. The van der Waals surface area contributed by atoms with Crippen molar-refractivity contribution in [3.63, 3.8) is 0 Å². The van der Waals surface area contributed by atoms with E-state index in [1.54, 1.807) is 17.2 Å². The highest BCUT2D eigenvalue weighted by Crippen LogP contribution is 2.46. The van der Waals surface area contributed by atoms with Crippen molar-refractivity contribution in [3.8, 4) is 22.8 Å². The molecule has 3 aromatic rings. The van der Waals surface area contributed by atoms with Gasteiger partial charge in [-0.05, 0) is 70.0 Å². The van der Waals surface area contributed by atoms with E-state index in [0.717, 1.165) is 37.6 Å². The molecule has 1 atom stereocenters. The van der Waals surface area contributed by atoms with Gasteiger partial charge in [0.1, 0.15) is 11.3 Å². The first-order valence-corrected chi connectivity index (χ1v) is 12.1. The van der Waals surface area contributed by atoms with Gasteiger partial charge in [-0.2, -0.15) is 18.3 Å². The van der Waals surface area contributed by atoms with Crippen LogP contribution in [0.2, 0.25) is 0 Å². The van der Waals surface area contributed by atoms with Gasteiger partial charge in [-0.1, -0.05) is 0 Å². The van der Waals surface area contributed by atoms with Crippen LogP contribution in [0.15, 0.2) is 42.9 Å². The lowest BCUT2D eigenvalue weighted by Crippen LogP contribution is -2.40. The van der Waals surface area contributed by atoms with Crippen LogP contribution in [0.25, 0.3) is 11.1 Å². The molecule has 2 aromatic heterocycles. The third kappa shape index (κ3) is 4.57. The smallest absolute Gasteiger partial charge is 0.421 e. The van der Waals surface area contributed by atoms with Gasteiger partial charge >= 0.3 is 6.18 Å². The normalized spacial score (nSPS) is 18.7. The fraction of sp³-hybridized carbons (Fsp3) is 0.423. The predicted octanol–water partition coefficient (Wildman–Crippen LogP) is 5.37. The Labute approximate surface area is 207 Å². The predicted molar refractivity (Wildman–Crippen MR) is 129 cm³/mol. The number of carbonyl (C=O) groups excluding carboxylic acids is 1. The molecule has 190 valence electrons. The average molecular weight is 500 g/mol. The highest BCUT2D eigenvalue weighted by atomic mass is 19.4. The lowest BCUT2D eigenvalue weighted by Gasteiger charge is -2.36. The summed E-state index contributed by atoms with van der Waals surface area (Å²) in [4.78, 5) is 18.1. The quantitative estimate of drug-likeness (QED) is 0.523. The molecule has 7 nitrogen and oxygen atoms in total. The first-order chi connectivity index (χ1) is 17.2. The Bertz CT molecular complexity index is 1270. The van der Waals surface area contributed by atoms with Crippen LogP contribution in [0.1, 0.15) is 50.3 Å². The number of anilines is 1. The number of ether oxygens (including phenoxy) is 1. The molecule has 1 amide bonds. The van der Waals surface area contributed by atoms with Gasteiger partial charge in [0, 0.05) is 42.0 Å². The van der Waals surface area contributed by atoms with Crippen LogP contribution in [-0.4, -0.2) is 39.8 Å². The van der Waals surface area contributed by atoms with E-state index in [-0.39, 0.29) is 23.7 Å². The molecule has 0 saturated carbocycles. The molecule has 0 spiro atoms. The minimum absolute atomic E-state index is 0.0306. The van der Waals surface area contributed by atoms with Crippen LogP contribution in [0.4, 0.5) is 18.9 Å². The van der Waals surface area contributed by atoms with Crippen molar-refractivity contribution in [2.45, 2.75) is 57.8 Å². The Kier molecular flexibility index (Phi) is 6.46. The minimum atomic E-state index is -4.63. The number of nitrogens with one attached hydrogen (secondary N) is 1. The summed E-state index contributed by atoms with van der Waals surface area (Å²) in [6, 6.07) is 6.05. The number of nitrogens with zero attached hydrogens (tertiary/aromatic N) is 4. The fourth-order valence-corrected chi connectivity index (χ4v) is 5.16. The number of halogens is 3. The van der Waals surface area contributed by atoms with Crippen LogP contribution in [0, 0.1) is 0 Å². The van der Waals surface area contributed by atoms with E-state index in [4.69, 9.17) is 4.74 Å². The van der Waals surface area contributed by atoms with Crippen molar-refractivity contribution in [2.24, 2.45) is 0 Å². The SMILES string of the molecule is CC(=O)N1c2ccc(-c3cnn(C4CCNCC4)c3)c(Oc3ncccc3C(F)(F)F)c2CCC1C. The summed E-state index contributed by atoms with van der Waals surface area (Å²) in [5.41, 5.74) is 1.74. The van der Waals surface area contributed by atoms with E-state index in [0.29, 0.717) is 29.7 Å². The second kappa shape index (κ2) is 9.57. The van der Waals surface area contributed by atoms with E-state index >= 15 is 0 Å². The zero-order chi connectivity index (χ0) is 25.4. The molecular weight excluding hydrogens is 471 g/mol. The van der Waals surface area contributed by atoms with Crippen LogP contribution >= 0.6 is 0 Å². The number of fused-ring (bicyclic) bond motifs is 1. The van der Waals surface area contributed by atoms with Gasteiger partial charge in [0.25, 0.3) is 0 Å².